The maximum absolute atomic E-state index is 10.8. The summed E-state index contributed by atoms with van der Waals surface area (Å²) in [7, 11) is 1.93. The van der Waals surface area contributed by atoms with E-state index in [9.17, 15) is 4.79 Å². The minimum Gasteiger partial charge on any atom is -0.476 e. The fourth-order valence-corrected chi connectivity index (χ4v) is 3.08. The van der Waals surface area contributed by atoms with Gasteiger partial charge in [0.2, 0.25) is 0 Å². The Morgan fingerprint density at radius 2 is 2.29 bits per heavy atom. The molecule has 2 rings (SSSR count). The van der Waals surface area contributed by atoms with Gasteiger partial charge in [-0.3, -0.25) is 0 Å². The van der Waals surface area contributed by atoms with Crippen LogP contribution >= 0.6 is 22.7 Å². The molecule has 1 unspecified atom stereocenters. The Morgan fingerprint density at radius 1 is 1.53 bits per heavy atom. The van der Waals surface area contributed by atoms with Crippen molar-refractivity contribution in [1.82, 2.24) is 4.98 Å². The van der Waals surface area contributed by atoms with Crippen LogP contribution in [0.3, 0.4) is 0 Å². The number of hydrogen-bond acceptors (Lipinski definition) is 5. The summed E-state index contributed by atoms with van der Waals surface area (Å²) >= 11 is 3.04. The van der Waals surface area contributed by atoms with Crippen LogP contribution in [0, 0.1) is 0 Å². The molecule has 1 atom stereocenters. The summed E-state index contributed by atoms with van der Waals surface area (Å²) in [5.41, 5.74) is 0.107. The Bertz CT molecular complexity index is 507. The zero-order valence-corrected chi connectivity index (χ0v) is 11.1. The van der Waals surface area contributed by atoms with E-state index in [1.165, 1.54) is 16.2 Å². The molecule has 0 bridgehead atoms. The lowest BCUT2D eigenvalue weighted by Crippen LogP contribution is -2.20. The van der Waals surface area contributed by atoms with Crippen LogP contribution in [0.1, 0.15) is 28.3 Å². The van der Waals surface area contributed by atoms with E-state index in [2.05, 4.69) is 18.0 Å². The zero-order chi connectivity index (χ0) is 12.4. The summed E-state index contributed by atoms with van der Waals surface area (Å²) in [6.45, 7) is 2.08. The van der Waals surface area contributed by atoms with E-state index in [0.717, 1.165) is 5.13 Å². The monoisotopic (exact) mass is 268 g/mol. The van der Waals surface area contributed by atoms with Crippen LogP contribution in [-0.4, -0.2) is 23.1 Å². The summed E-state index contributed by atoms with van der Waals surface area (Å²) in [4.78, 5) is 18.1. The van der Waals surface area contributed by atoms with E-state index < -0.39 is 5.97 Å². The number of anilines is 1. The molecular formula is C11H12N2O2S2. The number of carbonyl (C=O) groups is 1. The molecular weight excluding hydrogens is 256 g/mol. The predicted octanol–water partition coefficient (Wildman–Crippen LogP) is 3.10. The quantitative estimate of drug-likeness (QED) is 0.925. The van der Waals surface area contributed by atoms with Gasteiger partial charge < -0.3 is 10.0 Å². The third kappa shape index (κ3) is 2.48. The largest absolute Gasteiger partial charge is 0.476 e. The van der Waals surface area contributed by atoms with Crippen LogP contribution in [0.4, 0.5) is 5.13 Å². The van der Waals surface area contributed by atoms with Crippen LogP contribution in [0.25, 0.3) is 0 Å². The molecule has 0 aliphatic carbocycles. The molecule has 0 radical (unpaired) electrons. The van der Waals surface area contributed by atoms with Gasteiger partial charge in [0, 0.05) is 17.3 Å². The molecule has 0 aromatic carbocycles. The van der Waals surface area contributed by atoms with Crippen LogP contribution in [0.2, 0.25) is 0 Å². The SMILES string of the molecule is CC(c1cccs1)N(C)c1nc(C(=O)O)cs1. The second-order valence-electron chi connectivity index (χ2n) is 3.62. The fraction of sp³-hybridized carbons (Fsp3) is 0.273. The number of nitrogens with zero attached hydrogens (tertiary/aromatic N) is 2. The number of carboxylic acid groups (broad SMARTS) is 1. The second kappa shape index (κ2) is 4.85. The summed E-state index contributed by atoms with van der Waals surface area (Å²) in [6.07, 6.45) is 0. The Hall–Kier alpha value is -1.40. The van der Waals surface area contributed by atoms with Gasteiger partial charge in [0.15, 0.2) is 10.8 Å². The molecule has 0 amide bonds. The number of rotatable bonds is 4. The Labute approximate surface area is 107 Å². The number of aromatic nitrogens is 1. The highest BCUT2D eigenvalue weighted by atomic mass is 32.1. The van der Waals surface area contributed by atoms with Crippen LogP contribution in [0.5, 0.6) is 0 Å². The molecule has 90 valence electrons. The maximum Gasteiger partial charge on any atom is 0.355 e. The molecule has 0 saturated carbocycles. The Morgan fingerprint density at radius 3 is 2.82 bits per heavy atom. The molecule has 0 saturated heterocycles. The standard InChI is InChI=1S/C11H12N2O2S2/c1-7(9-4-3-5-16-9)13(2)11-12-8(6-17-11)10(14)15/h3-7H,1-2H3,(H,14,15). The highest BCUT2D eigenvalue weighted by Gasteiger charge is 2.17. The average molecular weight is 268 g/mol. The van der Waals surface area contributed by atoms with Crippen molar-refractivity contribution in [2.75, 3.05) is 11.9 Å². The van der Waals surface area contributed by atoms with Crippen molar-refractivity contribution in [1.29, 1.82) is 0 Å². The molecule has 6 heteroatoms. The number of carboxylic acids is 1. The summed E-state index contributed by atoms with van der Waals surface area (Å²) in [5.74, 6) is -0.982. The first-order valence-corrected chi connectivity index (χ1v) is 6.80. The van der Waals surface area contributed by atoms with E-state index in [1.807, 2.05) is 23.4 Å². The minimum atomic E-state index is -0.982. The molecule has 0 aliphatic heterocycles. The molecule has 17 heavy (non-hydrogen) atoms. The van der Waals surface area contributed by atoms with Crippen molar-refractivity contribution in [2.45, 2.75) is 13.0 Å². The van der Waals surface area contributed by atoms with Crippen molar-refractivity contribution in [3.63, 3.8) is 0 Å². The van der Waals surface area contributed by atoms with E-state index in [4.69, 9.17) is 5.11 Å². The van der Waals surface area contributed by atoms with Gasteiger partial charge in [0.1, 0.15) is 0 Å². The van der Waals surface area contributed by atoms with Gasteiger partial charge in [0.05, 0.1) is 6.04 Å². The topological polar surface area (TPSA) is 53.4 Å². The van der Waals surface area contributed by atoms with Crippen molar-refractivity contribution >= 4 is 33.8 Å². The average Bonchev–Trinajstić information content (AvgIpc) is 2.97. The first kappa shape index (κ1) is 12.1. The molecule has 0 fully saturated rings. The molecule has 2 aromatic rings. The van der Waals surface area contributed by atoms with Crippen LogP contribution in [0.15, 0.2) is 22.9 Å². The summed E-state index contributed by atoms with van der Waals surface area (Å²) in [5, 5.41) is 13.2. The number of thiazole rings is 1. The molecule has 2 aromatic heterocycles. The lowest BCUT2D eigenvalue weighted by Gasteiger charge is -2.23. The highest BCUT2D eigenvalue weighted by molar-refractivity contribution is 7.14. The molecule has 2 heterocycles. The van der Waals surface area contributed by atoms with Crippen molar-refractivity contribution in [2.24, 2.45) is 0 Å². The maximum atomic E-state index is 10.8. The fourth-order valence-electron chi connectivity index (χ4n) is 1.41. The lowest BCUT2D eigenvalue weighted by atomic mass is 10.2. The van der Waals surface area contributed by atoms with E-state index in [0.29, 0.717) is 0 Å². The normalized spacial score (nSPS) is 12.4. The van der Waals surface area contributed by atoms with Crippen molar-refractivity contribution in [3.05, 3.63) is 33.5 Å². The highest BCUT2D eigenvalue weighted by Crippen LogP contribution is 2.30. The second-order valence-corrected chi connectivity index (χ2v) is 5.44. The van der Waals surface area contributed by atoms with Gasteiger partial charge in [0.25, 0.3) is 0 Å². The van der Waals surface area contributed by atoms with Gasteiger partial charge >= 0.3 is 5.97 Å². The first-order valence-electron chi connectivity index (χ1n) is 5.04. The van der Waals surface area contributed by atoms with Gasteiger partial charge in [-0.25, -0.2) is 9.78 Å². The molecule has 1 N–H and O–H groups in total. The first-order chi connectivity index (χ1) is 8.09. The molecule has 0 spiro atoms. The molecule has 4 nitrogen and oxygen atoms in total. The Kier molecular flexibility index (Phi) is 3.44. The van der Waals surface area contributed by atoms with Crippen LogP contribution < -0.4 is 4.90 Å². The van der Waals surface area contributed by atoms with Crippen molar-refractivity contribution < 1.29 is 9.90 Å². The van der Waals surface area contributed by atoms with Gasteiger partial charge in [-0.2, -0.15) is 0 Å². The van der Waals surface area contributed by atoms with Gasteiger partial charge in [-0.1, -0.05) is 6.07 Å². The van der Waals surface area contributed by atoms with Crippen LogP contribution in [-0.2, 0) is 0 Å². The third-order valence-corrected chi connectivity index (χ3v) is 4.52. The smallest absolute Gasteiger partial charge is 0.355 e. The van der Waals surface area contributed by atoms with E-state index in [-0.39, 0.29) is 11.7 Å². The van der Waals surface area contributed by atoms with E-state index >= 15 is 0 Å². The third-order valence-electron chi connectivity index (χ3n) is 2.55. The molecule has 0 aliphatic rings. The van der Waals surface area contributed by atoms with Gasteiger partial charge in [-0.05, 0) is 18.4 Å². The lowest BCUT2D eigenvalue weighted by molar-refractivity contribution is 0.0691. The number of aromatic carboxylic acids is 1. The summed E-state index contributed by atoms with van der Waals surface area (Å²) < 4.78 is 0. The predicted molar refractivity (Wildman–Crippen MR) is 70.2 cm³/mol. The number of thiophene rings is 1. The minimum absolute atomic E-state index is 0.107. The number of hydrogen-bond donors (Lipinski definition) is 1. The Balaban J connectivity index is 2.19. The summed E-state index contributed by atoms with van der Waals surface area (Å²) in [6, 6.07) is 4.27. The van der Waals surface area contributed by atoms with E-state index in [1.54, 1.807) is 16.7 Å². The zero-order valence-electron chi connectivity index (χ0n) is 9.45. The van der Waals surface area contributed by atoms with Gasteiger partial charge in [-0.15, -0.1) is 22.7 Å². The van der Waals surface area contributed by atoms with Crippen molar-refractivity contribution in [3.8, 4) is 0 Å².